The number of aliphatic hydroxyl groups is 1. The van der Waals surface area contributed by atoms with E-state index in [0.29, 0.717) is 30.6 Å². The van der Waals surface area contributed by atoms with Crippen molar-refractivity contribution in [1.29, 1.82) is 0 Å². The number of anilines is 1. The molecule has 3 aromatic rings. The zero-order chi connectivity index (χ0) is 24.1. The smallest absolute Gasteiger partial charge is 0.319 e. The Balaban J connectivity index is 1.50. The summed E-state index contributed by atoms with van der Waals surface area (Å²) >= 11 is 0. The van der Waals surface area contributed by atoms with E-state index < -0.39 is 22.2 Å². The van der Waals surface area contributed by atoms with Crippen LogP contribution in [0, 0.1) is 0 Å². The van der Waals surface area contributed by atoms with E-state index in [2.05, 4.69) is 15.4 Å². The average molecular weight is 480 g/mol. The van der Waals surface area contributed by atoms with Crippen molar-refractivity contribution >= 4 is 21.7 Å². The number of nitrogens with one attached hydrogen (secondary N) is 3. The van der Waals surface area contributed by atoms with Crippen LogP contribution in [0.3, 0.4) is 0 Å². The molecule has 0 heterocycles. The van der Waals surface area contributed by atoms with Gasteiger partial charge in [0.2, 0.25) is 10.0 Å². The van der Waals surface area contributed by atoms with Gasteiger partial charge in [-0.15, -0.1) is 0 Å². The van der Waals surface area contributed by atoms with E-state index in [-0.39, 0.29) is 10.9 Å². The van der Waals surface area contributed by atoms with Crippen LogP contribution in [0.1, 0.15) is 41.6 Å². The van der Waals surface area contributed by atoms with Crippen LogP contribution < -0.4 is 15.4 Å². The van der Waals surface area contributed by atoms with Gasteiger partial charge in [-0.1, -0.05) is 55.5 Å². The third-order valence-electron chi connectivity index (χ3n) is 6.05. The molecule has 7 nitrogen and oxygen atoms in total. The summed E-state index contributed by atoms with van der Waals surface area (Å²) in [6.07, 6.45) is 1.01. The first-order valence-corrected chi connectivity index (χ1v) is 12.8. The maximum Gasteiger partial charge on any atom is 0.319 e. The number of sulfonamides is 1. The summed E-state index contributed by atoms with van der Waals surface area (Å²) in [6, 6.07) is 20.5. The van der Waals surface area contributed by atoms with Crippen molar-refractivity contribution in [2.45, 2.75) is 49.8 Å². The minimum atomic E-state index is -3.85. The van der Waals surface area contributed by atoms with Gasteiger partial charge in [0.25, 0.3) is 0 Å². The molecule has 1 aliphatic rings. The fourth-order valence-electron chi connectivity index (χ4n) is 4.10. The number of carbonyl (C=O) groups excluding carboxylic acids is 1. The van der Waals surface area contributed by atoms with E-state index >= 15 is 0 Å². The number of aryl methyl sites for hydroxylation is 2. The maximum absolute atomic E-state index is 13.0. The first-order valence-electron chi connectivity index (χ1n) is 11.4. The molecule has 178 valence electrons. The van der Waals surface area contributed by atoms with Gasteiger partial charge in [0.1, 0.15) is 0 Å². The summed E-state index contributed by atoms with van der Waals surface area (Å²) in [7, 11) is -3.85. The largest absolute Gasteiger partial charge is 0.391 e. The SMILES string of the molecule is CCc1ccc(S(=O)(=O)N[C@@H]2c3cc(NC(=O)NCc4ccccc4)ccc3CC[C@H]2O)cc1. The van der Waals surface area contributed by atoms with Crippen LogP contribution in [0.15, 0.2) is 77.7 Å². The summed E-state index contributed by atoms with van der Waals surface area (Å²) in [5, 5.41) is 16.3. The molecule has 0 bridgehead atoms. The molecule has 8 heteroatoms. The third kappa shape index (κ3) is 5.64. The highest BCUT2D eigenvalue weighted by Gasteiger charge is 2.32. The molecule has 34 heavy (non-hydrogen) atoms. The lowest BCUT2D eigenvalue weighted by Gasteiger charge is -2.31. The lowest BCUT2D eigenvalue weighted by Crippen LogP contribution is -2.39. The zero-order valence-corrected chi connectivity index (χ0v) is 19.8. The zero-order valence-electron chi connectivity index (χ0n) is 19.0. The number of benzene rings is 3. The third-order valence-corrected chi connectivity index (χ3v) is 7.51. The van der Waals surface area contributed by atoms with Crippen molar-refractivity contribution in [3.05, 3.63) is 95.1 Å². The van der Waals surface area contributed by atoms with Crippen molar-refractivity contribution < 1.29 is 18.3 Å². The number of amides is 2. The van der Waals surface area contributed by atoms with Crippen molar-refractivity contribution in [3.63, 3.8) is 0 Å². The van der Waals surface area contributed by atoms with Gasteiger partial charge in [0.05, 0.1) is 17.0 Å². The van der Waals surface area contributed by atoms with E-state index in [0.717, 1.165) is 23.1 Å². The van der Waals surface area contributed by atoms with Crippen LogP contribution in [0.5, 0.6) is 0 Å². The van der Waals surface area contributed by atoms with Crippen LogP contribution in [0.4, 0.5) is 10.5 Å². The minimum Gasteiger partial charge on any atom is -0.391 e. The highest BCUT2D eigenvalue weighted by atomic mass is 32.2. The molecule has 2 atom stereocenters. The molecule has 4 rings (SSSR count). The molecule has 0 radical (unpaired) electrons. The lowest BCUT2D eigenvalue weighted by atomic mass is 9.86. The van der Waals surface area contributed by atoms with E-state index in [1.54, 1.807) is 36.4 Å². The normalized spacial score (nSPS) is 17.6. The molecule has 0 aliphatic heterocycles. The molecule has 3 aromatic carbocycles. The Bertz CT molecular complexity index is 1240. The number of urea groups is 1. The molecule has 1 aliphatic carbocycles. The van der Waals surface area contributed by atoms with Crippen molar-refractivity contribution in [2.75, 3.05) is 5.32 Å². The topological polar surface area (TPSA) is 108 Å². The summed E-state index contributed by atoms with van der Waals surface area (Å²) < 4.78 is 28.7. The first-order chi connectivity index (χ1) is 16.4. The fourth-order valence-corrected chi connectivity index (χ4v) is 5.35. The van der Waals surface area contributed by atoms with E-state index in [9.17, 15) is 18.3 Å². The highest BCUT2D eigenvalue weighted by molar-refractivity contribution is 7.89. The van der Waals surface area contributed by atoms with Gasteiger partial charge in [0.15, 0.2) is 0 Å². The number of carbonyl (C=O) groups is 1. The van der Waals surface area contributed by atoms with Crippen LogP contribution in [-0.4, -0.2) is 25.7 Å². The monoisotopic (exact) mass is 479 g/mol. The summed E-state index contributed by atoms with van der Waals surface area (Å²) in [5.41, 5.74) is 4.15. The van der Waals surface area contributed by atoms with Gasteiger partial charge in [-0.3, -0.25) is 0 Å². The van der Waals surface area contributed by atoms with Crippen molar-refractivity contribution in [3.8, 4) is 0 Å². The van der Waals surface area contributed by atoms with Gasteiger partial charge in [-0.2, -0.15) is 0 Å². The lowest BCUT2D eigenvalue weighted by molar-refractivity contribution is 0.121. The predicted molar refractivity (Wildman–Crippen MR) is 132 cm³/mol. The Morgan fingerprint density at radius 1 is 1.00 bits per heavy atom. The van der Waals surface area contributed by atoms with Crippen LogP contribution in [0.25, 0.3) is 0 Å². The molecule has 0 aromatic heterocycles. The van der Waals surface area contributed by atoms with Gasteiger partial charge < -0.3 is 15.7 Å². The molecular weight excluding hydrogens is 450 g/mol. The molecule has 0 spiro atoms. The number of fused-ring (bicyclic) bond motifs is 1. The molecular formula is C26H29N3O4S. The van der Waals surface area contributed by atoms with Gasteiger partial charge >= 0.3 is 6.03 Å². The molecule has 0 unspecified atom stereocenters. The highest BCUT2D eigenvalue weighted by Crippen LogP contribution is 2.33. The fraction of sp³-hybridized carbons (Fsp3) is 0.269. The van der Waals surface area contributed by atoms with E-state index in [1.807, 2.05) is 43.3 Å². The Hall–Kier alpha value is -3.20. The van der Waals surface area contributed by atoms with Crippen LogP contribution in [0.2, 0.25) is 0 Å². The number of aliphatic hydroxyl groups excluding tert-OH is 1. The molecule has 0 saturated heterocycles. The minimum absolute atomic E-state index is 0.151. The molecule has 2 amide bonds. The number of rotatable bonds is 7. The van der Waals surface area contributed by atoms with Crippen LogP contribution >= 0.6 is 0 Å². The van der Waals surface area contributed by atoms with Crippen LogP contribution in [-0.2, 0) is 29.4 Å². The second-order valence-corrected chi connectivity index (χ2v) is 10.1. The first kappa shape index (κ1) is 23.9. The quantitative estimate of drug-likeness (QED) is 0.412. The average Bonchev–Trinajstić information content (AvgIpc) is 2.85. The maximum atomic E-state index is 13.0. The van der Waals surface area contributed by atoms with E-state index in [1.165, 1.54) is 0 Å². The standard InChI is InChI=1S/C26H29N3O4S/c1-2-18-8-13-22(14-9-18)34(32,33)29-25-23-16-21(12-10-20(23)11-15-24(25)30)28-26(31)27-17-19-6-4-3-5-7-19/h3-10,12-14,16,24-25,29-30H,2,11,15,17H2,1H3,(H2,27,28,31)/t24-,25-/m1/s1. The molecule has 0 fully saturated rings. The second-order valence-electron chi connectivity index (χ2n) is 8.41. The summed E-state index contributed by atoms with van der Waals surface area (Å²) in [4.78, 5) is 12.5. The predicted octanol–water partition coefficient (Wildman–Crippen LogP) is 3.90. The van der Waals surface area contributed by atoms with Crippen molar-refractivity contribution in [1.82, 2.24) is 10.0 Å². The summed E-state index contributed by atoms with van der Waals surface area (Å²) in [5.74, 6) is 0. The van der Waals surface area contributed by atoms with E-state index in [4.69, 9.17) is 0 Å². The Morgan fingerprint density at radius 3 is 2.44 bits per heavy atom. The summed E-state index contributed by atoms with van der Waals surface area (Å²) in [6.45, 7) is 2.39. The van der Waals surface area contributed by atoms with Gasteiger partial charge in [0, 0.05) is 12.2 Å². The van der Waals surface area contributed by atoms with Gasteiger partial charge in [-0.05, 0) is 65.8 Å². The van der Waals surface area contributed by atoms with Gasteiger partial charge in [-0.25, -0.2) is 17.9 Å². The molecule has 0 saturated carbocycles. The Kier molecular flexibility index (Phi) is 7.31. The number of hydrogen-bond donors (Lipinski definition) is 4. The second kappa shape index (κ2) is 10.4. The Labute approximate surface area is 200 Å². The molecule has 4 N–H and O–H groups in total. The Morgan fingerprint density at radius 2 is 1.74 bits per heavy atom. The number of hydrogen-bond acceptors (Lipinski definition) is 4. The van der Waals surface area contributed by atoms with Crippen molar-refractivity contribution in [2.24, 2.45) is 0 Å².